The zero-order chi connectivity index (χ0) is 18.0. The molecule has 0 nitrogen and oxygen atoms in total. The van der Waals surface area contributed by atoms with Gasteiger partial charge in [-0.3, -0.25) is 0 Å². The maximum Gasteiger partial charge on any atom is 0.118 e. The van der Waals surface area contributed by atoms with Crippen LogP contribution in [0.2, 0.25) is 0 Å². The first kappa shape index (κ1) is 20.3. The van der Waals surface area contributed by atoms with Crippen LogP contribution < -0.4 is 0 Å². The van der Waals surface area contributed by atoms with E-state index in [0.717, 1.165) is 0 Å². The molecule has 0 saturated heterocycles. The van der Waals surface area contributed by atoms with Gasteiger partial charge in [-0.25, -0.2) is 0 Å². The summed E-state index contributed by atoms with van der Waals surface area (Å²) in [6, 6.07) is 17.0. The Kier molecular flexibility index (Phi) is 5.39. The Morgan fingerprint density at radius 3 is 1.38 bits per heavy atom. The molecule has 0 N–H and O–H groups in total. The van der Waals surface area contributed by atoms with Gasteiger partial charge in [-0.15, -0.1) is 23.2 Å². The summed E-state index contributed by atoms with van der Waals surface area (Å²) >= 11 is 14.7. The van der Waals surface area contributed by atoms with E-state index in [-0.39, 0.29) is 26.2 Å². The third kappa shape index (κ3) is 2.64. The third-order valence-corrected chi connectivity index (χ3v) is 9.43. The van der Waals surface area contributed by atoms with Crippen LogP contribution in [0.5, 0.6) is 0 Å². The van der Waals surface area contributed by atoms with Gasteiger partial charge in [0.1, 0.15) is 9.52 Å². The first-order valence-electron chi connectivity index (χ1n) is 8.53. The van der Waals surface area contributed by atoms with Crippen molar-refractivity contribution in [1.82, 2.24) is 0 Å². The molecule has 0 fully saturated rings. The SMILES string of the molecule is CC1=C(C)C(Cl)([Si]C2(Cl)C(C)=C(C)c3ccccc32)c2ccccc21.[Zr]. The molecule has 2 aromatic carbocycles. The maximum absolute atomic E-state index is 7.34. The summed E-state index contributed by atoms with van der Waals surface area (Å²) in [5, 5.41) is 0. The van der Waals surface area contributed by atoms with Crippen LogP contribution in [-0.4, -0.2) is 9.52 Å². The van der Waals surface area contributed by atoms with Gasteiger partial charge in [-0.1, -0.05) is 48.5 Å². The first-order chi connectivity index (χ1) is 11.8. The van der Waals surface area contributed by atoms with E-state index in [1.165, 1.54) is 44.5 Å². The second-order valence-electron chi connectivity index (χ2n) is 7.03. The van der Waals surface area contributed by atoms with Gasteiger partial charge in [0.25, 0.3) is 0 Å². The van der Waals surface area contributed by atoms with Gasteiger partial charge in [0, 0.05) is 26.2 Å². The molecule has 2 radical (unpaired) electrons. The second-order valence-corrected chi connectivity index (χ2v) is 10.6. The van der Waals surface area contributed by atoms with Gasteiger partial charge in [-0.05, 0) is 72.2 Å². The summed E-state index contributed by atoms with van der Waals surface area (Å²) < 4.78 is -1.08. The fourth-order valence-electron chi connectivity index (χ4n) is 4.11. The van der Waals surface area contributed by atoms with Crippen molar-refractivity contribution < 1.29 is 26.2 Å². The number of rotatable bonds is 2. The van der Waals surface area contributed by atoms with E-state index in [9.17, 15) is 0 Å². The minimum atomic E-state index is -0.540. The summed E-state index contributed by atoms with van der Waals surface area (Å²) in [6.45, 7) is 8.64. The summed E-state index contributed by atoms with van der Waals surface area (Å²) in [6.07, 6.45) is 0. The predicted octanol–water partition coefficient (Wildman–Crippen LogP) is 6.49. The second kappa shape index (κ2) is 6.89. The number of fused-ring (bicyclic) bond motifs is 2. The van der Waals surface area contributed by atoms with Gasteiger partial charge in [-0.2, -0.15) is 0 Å². The maximum atomic E-state index is 7.34. The van der Waals surface area contributed by atoms with Crippen LogP contribution in [0.25, 0.3) is 11.1 Å². The molecule has 2 aliphatic rings. The molecule has 0 amide bonds. The van der Waals surface area contributed by atoms with E-state index in [1.54, 1.807) is 0 Å². The van der Waals surface area contributed by atoms with Crippen LogP contribution in [-0.2, 0) is 35.2 Å². The average molecular weight is 475 g/mol. The molecule has 4 rings (SSSR count). The Labute approximate surface area is 187 Å². The molecular formula is C22H20Cl2SiZr. The van der Waals surface area contributed by atoms with Crippen molar-refractivity contribution in [1.29, 1.82) is 0 Å². The zero-order valence-electron chi connectivity index (χ0n) is 15.4. The van der Waals surface area contributed by atoms with Crippen LogP contribution in [0, 0.1) is 0 Å². The van der Waals surface area contributed by atoms with Gasteiger partial charge >= 0.3 is 0 Å². The molecular weight excluding hydrogens is 454 g/mol. The molecule has 0 saturated carbocycles. The molecule has 130 valence electrons. The molecule has 0 aromatic heterocycles. The Morgan fingerprint density at radius 1 is 0.654 bits per heavy atom. The smallest absolute Gasteiger partial charge is 0.114 e. The minimum Gasteiger partial charge on any atom is -0.114 e. The van der Waals surface area contributed by atoms with Crippen molar-refractivity contribution in [3.8, 4) is 0 Å². The zero-order valence-corrected chi connectivity index (χ0v) is 20.3. The monoisotopic (exact) mass is 472 g/mol. The minimum absolute atomic E-state index is 0. The number of benzene rings is 2. The van der Waals surface area contributed by atoms with Gasteiger partial charge in [0.05, 0.1) is 8.99 Å². The summed E-state index contributed by atoms with van der Waals surface area (Å²) in [5.74, 6) is 0. The van der Waals surface area contributed by atoms with Crippen molar-refractivity contribution in [2.45, 2.75) is 36.7 Å². The standard InChI is InChI=1S/C22H20Cl2Si.Zr/c1-13-15(3)21(23,19-11-7-5-9-17(13)19)25-22(24)16(4)14(2)18-10-6-8-12-20(18)22;/h5-12H,1-4H3;. The number of hydrogen-bond donors (Lipinski definition) is 0. The molecule has 0 bridgehead atoms. The number of alkyl halides is 2. The Morgan fingerprint density at radius 2 is 1.00 bits per heavy atom. The average Bonchev–Trinajstić information content (AvgIpc) is 2.93. The normalized spacial score (nSPS) is 26.7. The van der Waals surface area contributed by atoms with Crippen LogP contribution >= 0.6 is 23.2 Å². The quantitative estimate of drug-likeness (QED) is 0.345. The van der Waals surface area contributed by atoms with Crippen LogP contribution in [0.3, 0.4) is 0 Å². The van der Waals surface area contributed by atoms with Crippen molar-refractivity contribution >= 4 is 43.9 Å². The molecule has 2 aliphatic carbocycles. The largest absolute Gasteiger partial charge is 0.118 e. The molecule has 0 heterocycles. The van der Waals surface area contributed by atoms with Gasteiger partial charge in [0.2, 0.25) is 0 Å². The molecule has 0 spiro atoms. The Hall–Kier alpha value is -0.400. The Balaban J connectivity index is 0.00000196. The fourth-order valence-corrected chi connectivity index (χ4v) is 7.64. The van der Waals surface area contributed by atoms with Crippen molar-refractivity contribution in [3.63, 3.8) is 0 Å². The van der Waals surface area contributed by atoms with E-state index in [4.69, 9.17) is 23.2 Å². The molecule has 26 heavy (non-hydrogen) atoms. The van der Waals surface area contributed by atoms with Crippen molar-refractivity contribution in [2.75, 3.05) is 0 Å². The van der Waals surface area contributed by atoms with E-state index >= 15 is 0 Å². The number of hydrogen-bond acceptors (Lipinski definition) is 0. The number of allylic oxidation sites excluding steroid dienone is 4. The molecule has 2 unspecified atom stereocenters. The fraction of sp³-hybridized carbons (Fsp3) is 0.273. The van der Waals surface area contributed by atoms with Gasteiger partial charge < -0.3 is 0 Å². The van der Waals surface area contributed by atoms with Crippen molar-refractivity contribution in [3.05, 3.63) is 81.9 Å². The van der Waals surface area contributed by atoms with Crippen LogP contribution in [0.4, 0.5) is 0 Å². The van der Waals surface area contributed by atoms with Gasteiger partial charge in [0.15, 0.2) is 0 Å². The van der Waals surface area contributed by atoms with Crippen LogP contribution in [0.15, 0.2) is 59.7 Å². The summed E-state index contributed by atoms with van der Waals surface area (Å²) in [7, 11) is 0.327. The third-order valence-electron chi connectivity index (χ3n) is 5.91. The molecule has 0 aliphatic heterocycles. The van der Waals surface area contributed by atoms with E-state index in [0.29, 0.717) is 9.52 Å². The molecule has 2 atom stereocenters. The Bertz CT molecular complexity index is 885. The summed E-state index contributed by atoms with van der Waals surface area (Å²) in [4.78, 5) is 0. The van der Waals surface area contributed by atoms with E-state index in [2.05, 4.69) is 76.2 Å². The number of halogens is 2. The van der Waals surface area contributed by atoms with Crippen LogP contribution in [0.1, 0.15) is 49.9 Å². The molecule has 2 aromatic rings. The van der Waals surface area contributed by atoms with Crippen molar-refractivity contribution in [2.24, 2.45) is 0 Å². The first-order valence-corrected chi connectivity index (χ1v) is 10.3. The molecule has 4 heteroatoms. The van der Waals surface area contributed by atoms with E-state index < -0.39 is 8.99 Å². The van der Waals surface area contributed by atoms with E-state index in [1.807, 2.05) is 0 Å². The predicted molar refractivity (Wildman–Crippen MR) is 110 cm³/mol. The summed E-state index contributed by atoms with van der Waals surface area (Å²) in [5.41, 5.74) is 9.91. The topological polar surface area (TPSA) is 0 Å².